The van der Waals surface area contributed by atoms with E-state index in [1.807, 2.05) is 41.5 Å². The molecule has 0 fully saturated rings. The minimum atomic E-state index is -0.0224. The van der Waals surface area contributed by atoms with Crippen molar-refractivity contribution in [2.75, 3.05) is 17.2 Å². The molecule has 0 spiro atoms. The monoisotopic (exact) mass is 385 g/mol. The average molecular weight is 386 g/mol. The molecule has 7 heteroatoms. The van der Waals surface area contributed by atoms with Crippen molar-refractivity contribution in [1.82, 2.24) is 9.55 Å². The van der Waals surface area contributed by atoms with Crippen LogP contribution in [-0.4, -0.2) is 27.8 Å². The second-order valence-electron chi connectivity index (χ2n) is 6.15. The molecule has 0 bridgehead atoms. The van der Waals surface area contributed by atoms with E-state index in [0.29, 0.717) is 21.9 Å². The van der Waals surface area contributed by atoms with Crippen molar-refractivity contribution in [2.45, 2.75) is 31.5 Å². The van der Waals surface area contributed by atoms with Crippen molar-refractivity contribution >= 4 is 44.9 Å². The molecule has 1 aliphatic heterocycles. The maximum absolute atomic E-state index is 12.8. The Kier molecular flexibility index (Phi) is 4.82. The summed E-state index contributed by atoms with van der Waals surface area (Å²) >= 11 is 2.76. The number of aromatic nitrogens is 2. The van der Waals surface area contributed by atoms with Gasteiger partial charge >= 0.3 is 0 Å². The van der Waals surface area contributed by atoms with E-state index in [2.05, 4.69) is 11.1 Å². The zero-order chi connectivity index (χ0) is 18.1. The lowest BCUT2D eigenvalue weighted by molar-refractivity contribution is -0.116. The molecule has 2 aromatic heterocycles. The Morgan fingerprint density at radius 1 is 1.31 bits per heavy atom. The third-order valence-corrected chi connectivity index (χ3v) is 6.44. The summed E-state index contributed by atoms with van der Waals surface area (Å²) in [5, 5.41) is 2.49. The van der Waals surface area contributed by atoms with E-state index in [1.165, 1.54) is 28.7 Å². The number of carbonyl (C=O) groups is 1. The van der Waals surface area contributed by atoms with Crippen molar-refractivity contribution in [3.63, 3.8) is 0 Å². The van der Waals surface area contributed by atoms with Crippen molar-refractivity contribution in [1.29, 1.82) is 0 Å². The molecular formula is C19H19N3O2S2. The van der Waals surface area contributed by atoms with Gasteiger partial charge in [-0.2, -0.15) is 0 Å². The molecule has 1 aliphatic rings. The number of hydrogen-bond acceptors (Lipinski definition) is 5. The van der Waals surface area contributed by atoms with E-state index < -0.39 is 0 Å². The van der Waals surface area contributed by atoms with Gasteiger partial charge in [0.15, 0.2) is 5.16 Å². The van der Waals surface area contributed by atoms with Crippen LogP contribution in [0.2, 0.25) is 0 Å². The van der Waals surface area contributed by atoms with Crippen LogP contribution in [-0.2, 0) is 17.8 Å². The van der Waals surface area contributed by atoms with E-state index in [9.17, 15) is 9.59 Å². The highest BCUT2D eigenvalue weighted by Gasteiger charge is 2.23. The number of thiophene rings is 1. The summed E-state index contributed by atoms with van der Waals surface area (Å²) in [6, 6.07) is 9.94. The van der Waals surface area contributed by atoms with E-state index in [4.69, 9.17) is 0 Å². The number of benzene rings is 1. The summed E-state index contributed by atoms with van der Waals surface area (Å²) in [6.45, 7) is 3.21. The summed E-state index contributed by atoms with van der Waals surface area (Å²) in [6.07, 6.45) is 1.99. The van der Waals surface area contributed by atoms with Gasteiger partial charge in [-0.1, -0.05) is 30.0 Å². The smallest absolute Gasteiger partial charge is 0.272 e. The summed E-state index contributed by atoms with van der Waals surface area (Å²) in [7, 11) is 0. The highest BCUT2D eigenvalue weighted by molar-refractivity contribution is 7.99. The molecule has 134 valence electrons. The molecule has 0 atom stereocenters. The fourth-order valence-electron chi connectivity index (χ4n) is 3.31. The molecule has 1 aromatic carbocycles. The third-order valence-electron chi connectivity index (χ3n) is 4.58. The molecule has 0 radical (unpaired) electrons. The minimum absolute atomic E-state index is 0.0224. The maximum Gasteiger partial charge on any atom is 0.272 e. The molecule has 1 amide bonds. The SMILES string of the molecule is CCn1c(SCC(=O)N2CCCc3ccccc32)nc2ccsc2c1=O. The van der Waals surface area contributed by atoms with Gasteiger partial charge < -0.3 is 4.90 Å². The van der Waals surface area contributed by atoms with Crippen molar-refractivity contribution in [2.24, 2.45) is 0 Å². The average Bonchev–Trinajstić information content (AvgIpc) is 3.14. The number of para-hydroxylation sites is 1. The zero-order valence-electron chi connectivity index (χ0n) is 14.5. The lowest BCUT2D eigenvalue weighted by Gasteiger charge is -2.29. The number of hydrogen-bond donors (Lipinski definition) is 0. The molecule has 0 unspecified atom stereocenters. The summed E-state index contributed by atoms with van der Waals surface area (Å²) in [5.74, 6) is 0.334. The number of nitrogens with zero attached hydrogens (tertiary/aromatic N) is 3. The molecule has 0 saturated heterocycles. The topological polar surface area (TPSA) is 55.2 Å². The molecule has 0 aliphatic carbocycles. The standard InChI is InChI=1S/C19H19N3O2S2/c1-2-21-18(24)17-14(9-11-25-17)20-19(21)26-12-16(23)22-10-5-7-13-6-3-4-8-15(13)22/h3-4,6,8-9,11H,2,5,7,10,12H2,1H3. The Hall–Kier alpha value is -2.12. The maximum atomic E-state index is 12.8. The number of amides is 1. The first-order valence-corrected chi connectivity index (χ1v) is 10.5. The quantitative estimate of drug-likeness (QED) is 0.509. The van der Waals surface area contributed by atoms with Crippen LogP contribution in [0.25, 0.3) is 10.2 Å². The fourth-order valence-corrected chi connectivity index (χ4v) is 5.03. The number of fused-ring (bicyclic) bond motifs is 2. The highest BCUT2D eigenvalue weighted by Crippen LogP contribution is 2.28. The van der Waals surface area contributed by atoms with Crippen molar-refractivity contribution < 1.29 is 4.79 Å². The number of anilines is 1. The Labute approximate surface area is 159 Å². The van der Waals surface area contributed by atoms with Crippen molar-refractivity contribution in [3.05, 3.63) is 51.6 Å². The number of thioether (sulfide) groups is 1. The molecule has 3 aromatic rings. The Morgan fingerprint density at radius 3 is 3.00 bits per heavy atom. The molecule has 0 saturated carbocycles. The van der Waals surface area contributed by atoms with Crippen LogP contribution in [0.5, 0.6) is 0 Å². The van der Waals surface area contributed by atoms with Crippen LogP contribution in [0, 0.1) is 0 Å². The van der Waals surface area contributed by atoms with Gasteiger partial charge in [0.05, 0.1) is 11.3 Å². The van der Waals surface area contributed by atoms with Gasteiger partial charge in [-0.25, -0.2) is 4.98 Å². The predicted molar refractivity (Wildman–Crippen MR) is 107 cm³/mol. The first-order valence-electron chi connectivity index (χ1n) is 8.68. The third kappa shape index (κ3) is 3.05. The van der Waals surface area contributed by atoms with Crippen LogP contribution in [0.4, 0.5) is 5.69 Å². The summed E-state index contributed by atoms with van der Waals surface area (Å²) < 4.78 is 2.33. The van der Waals surface area contributed by atoms with Crippen LogP contribution in [0.1, 0.15) is 18.9 Å². The van der Waals surface area contributed by atoms with Gasteiger partial charge in [-0.15, -0.1) is 11.3 Å². The van der Waals surface area contributed by atoms with Gasteiger partial charge in [0, 0.05) is 18.8 Å². The predicted octanol–water partition coefficient (Wildman–Crippen LogP) is 3.55. The highest BCUT2D eigenvalue weighted by atomic mass is 32.2. The Morgan fingerprint density at radius 2 is 2.15 bits per heavy atom. The van der Waals surface area contributed by atoms with E-state index in [-0.39, 0.29) is 17.2 Å². The number of carbonyl (C=O) groups excluding carboxylic acids is 1. The molecule has 5 nitrogen and oxygen atoms in total. The van der Waals surface area contributed by atoms with Crippen LogP contribution < -0.4 is 10.5 Å². The second-order valence-corrected chi connectivity index (χ2v) is 8.00. The van der Waals surface area contributed by atoms with Gasteiger partial charge in [-0.05, 0) is 42.8 Å². The Bertz CT molecular complexity index is 1030. The van der Waals surface area contributed by atoms with Crippen LogP contribution in [0.15, 0.2) is 45.7 Å². The first-order chi connectivity index (χ1) is 12.7. The molecule has 3 heterocycles. The zero-order valence-corrected chi connectivity index (χ0v) is 16.1. The van der Waals surface area contributed by atoms with Gasteiger partial charge in [-0.3, -0.25) is 14.2 Å². The van der Waals surface area contributed by atoms with Gasteiger partial charge in [0.2, 0.25) is 5.91 Å². The molecule has 26 heavy (non-hydrogen) atoms. The lowest BCUT2D eigenvalue weighted by atomic mass is 10.0. The number of aryl methyl sites for hydroxylation is 1. The van der Waals surface area contributed by atoms with E-state index in [0.717, 1.165) is 25.1 Å². The Balaban J connectivity index is 1.57. The molecule has 0 N–H and O–H groups in total. The normalized spacial score (nSPS) is 13.8. The van der Waals surface area contributed by atoms with E-state index >= 15 is 0 Å². The first kappa shape index (κ1) is 17.3. The summed E-state index contributed by atoms with van der Waals surface area (Å²) in [4.78, 5) is 31.9. The lowest BCUT2D eigenvalue weighted by Crippen LogP contribution is -2.36. The van der Waals surface area contributed by atoms with Crippen molar-refractivity contribution in [3.8, 4) is 0 Å². The largest absolute Gasteiger partial charge is 0.311 e. The molecular weight excluding hydrogens is 366 g/mol. The van der Waals surface area contributed by atoms with E-state index in [1.54, 1.807) is 4.57 Å². The molecule has 4 rings (SSSR count). The fraction of sp³-hybridized carbons (Fsp3) is 0.316. The van der Waals surface area contributed by atoms with Gasteiger partial charge in [0.25, 0.3) is 5.56 Å². The van der Waals surface area contributed by atoms with Crippen LogP contribution >= 0.6 is 23.1 Å². The summed E-state index contributed by atoms with van der Waals surface area (Å²) in [5.41, 5.74) is 2.92. The second kappa shape index (κ2) is 7.25. The van der Waals surface area contributed by atoms with Crippen LogP contribution in [0.3, 0.4) is 0 Å². The number of rotatable bonds is 4. The van der Waals surface area contributed by atoms with Gasteiger partial charge in [0.1, 0.15) is 4.70 Å². The minimum Gasteiger partial charge on any atom is -0.311 e.